The van der Waals surface area contributed by atoms with E-state index in [0.29, 0.717) is 0 Å². The molecule has 58 valence electrons. The average Bonchev–Trinajstić information content (AvgIpc) is 2.02. The molecule has 0 amide bonds. The van der Waals surface area contributed by atoms with Crippen LogP contribution in [0.1, 0.15) is 20.8 Å². The summed E-state index contributed by atoms with van der Waals surface area (Å²) in [6, 6.07) is 0. The third-order valence-electron chi connectivity index (χ3n) is 1.53. The van der Waals surface area contributed by atoms with Crippen LogP contribution >= 0.6 is 0 Å². The maximum atomic E-state index is 7.32. The summed E-state index contributed by atoms with van der Waals surface area (Å²) >= 11 is 0. The Morgan fingerprint density at radius 1 is 1.45 bits per heavy atom. The van der Waals surface area contributed by atoms with Crippen molar-refractivity contribution in [1.82, 2.24) is 0 Å². The third kappa shape index (κ3) is 2.86. The maximum Gasteiger partial charge on any atom is 0.107 e. The lowest BCUT2D eigenvalue weighted by Gasteiger charge is -1.98. The van der Waals surface area contributed by atoms with Gasteiger partial charge in [-0.15, -0.1) is 6.42 Å². The summed E-state index contributed by atoms with van der Waals surface area (Å²) in [5.41, 5.74) is 2.18. The molecule has 0 rings (SSSR count). The van der Waals surface area contributed by atoms with E-state index in [0.717, 1.165) is 11.1 Å². The molecule has 11 heavy (non-hydrogen) atoms. The number of rotatable bonds is 2. The minimum atomic E-state index is 0.264. The van der Waals surface area contributed by atoms with Gasteiger partial charge in [0.05, 0.1) is 0 Å². The monoisotopic (exact) mass is 147 g/mol. The Kier molecular flexibility index (Phi) is 3.98. The van der Waals surface area contributed by atoms with Gasteiger partial charge in [0.1, 0.15) is 5.71 Å². The van der Waals surface area contributed by atoms with Gasteiger partial charge in [-0.25, -0.2) is 0 Å². The molecule has 0 saturated carbocycles. The fourth-order valence-corrected chi connectivity index (χ4v) is 0.680. The van der Waals surface area contributed by atoms with Gasteiger partial charge in [0.25, 0.3) is 0 Å². The van der Waals surface area contributed by atoms with E-state index < -0.39 is 0 Å². The first-order valence-corrected chi connectivity index (χ1v) is 3.49. The first-order valence-electron chi connectivity index (χ1n) is 3.49. The van der Waals surface area contributed by atoms with Crippen molar-refractivity contribution in [1.29, 1.82) is 5.41 Å². The van der Waals surface area contributed by atoms with Gasteiger partial charge in [-0.3, -0.25) is 5.41 Å². The van der Waals surface area contributed by atoms with Crippen molar-refractivity contribution in [2.45, 2.75) is 20.8 Å². The summed E-state index contributed by atoms with van der Waals surface area (Å²) in [6.07, 6.45) is 8.95. The van der Waals surface area contributed by atoms with E-state index >= 15 is 0 Å². The molecule has 1 heteroatoms. The van der Waals surface area contributed by atoms with Crippen molar-refractivity contribution in [3.63, 3.8) is 0 Å². The highest BCUT2D eigenvalue weighted by molar-refractivity contribution is 6.10. The van der Waals surface area contributed by atoms with Gasteiger partial charge in [-0.1, -0.05) is 18.1 Å². The Morgan fingerprint density at radius 3 is 2.36 bits per heavy atom. The van der Waals surface area contributed by atoms with E-state index in [1.54, 1.807) is 0 Å². The Morgan fingerprint density at radius 2 is 2.00 bits per heavy atom. The molecular weight excluding hydrogens is 134 g/mol. The molecule has 0 aromatic rings. The standard InChI is InChI=1S/C10H13N/c1-5-7-8(3)9(4)10(11)6-2/h2,5,7,11H,1,3-4H3/b7-5-,9-8+,11-10?. The van der Waals surface area contributed by atoms with Gasteiger partial charge in [0.15, 0.2) is 0 Å². The lowest BCUT2D eigenvalue weighted by Crippen LogP contribution is -1.95. The Balaban J connectivity index is 4.69. The van der Waals surface area contributed by atoms with E-state index in [2.05, 4.69) is 5.92 Å². The molecule has 0 unspecified atom stereocenters. The molecule has 0 spiro atoms. The van der Waals surface area contributed by atoms with Gasteiger partial charge in [0, 0.05) is 0 Å². The lowest BCUT2D eigenvalue weighted by atomic mass is 10.1. The Bertz CT molecular complexity index is 249. The van der Waals surface area contributed by atoms with Gasteiger partial charge in [-0.2, -0.15) is 0 Å². The van der Waals surface area contributed by atoms with Gasteiger partial charge in [-0.05, 0) is 31.9 Å². The summed E-state index contributed by atoms with van der Waals surface area (Å²) in [6.45, 7) is 5.75. The lowest BCUT2D eigenvalue weighted by molar-refractivity contribution is 1.37. The van der Waals surface area contributed by atoms with Crippen LogP contribution in [0.25, 0.3) is 0 Å². The molecule has 0 bridgehead atoms. The first kappa shape index (κ1) is 9.71. The van der Waals surface area contributed by atoms with Crippen LogP contribution in [0.3, 0.4) is 0 Å². The van der Waals surface area contributed by atoms with Crippen molar-refractivity contribution in [3.8, 4) is 12.3 Å². The largest absolute Gasteiger partial charge is 0.292 e. The second-order valence-electron chi connectivity index (χ2n) is 2.33. The van der Waals surface area contributed by atoms with Crippen LogP contribution in [0.4, 0.5) is 0 Å². The normalized spacial score (nSPS) is 12.5. The molecule has 0 fully saturated rings. The van der Waals surface area contributed by atoms with Gasteiger partial charge < -0.3 is 0 Å². The molecule has 0 aromatic carbocycles. The molecule has 0 aromatic heterocycles. The van der Waals surface area contributed by atoms with Crippen molar-refractivity contribution < 1.29 is 0 Å². The SMILES string of the molecule is C#CC(=N)/C(C)=C(C)/C=C\C. The molecule has 0 saturated heterocycles. The van der Waals surface area contributed by atoms with Crippen LogP contribution in [-0.4, -0.2) is 5.71 Å². The van der Waals surface area contributed by atoms with Crippen LogP contribution < -0.4 is 0 Å². The molecule has 0 aliphatic rings. The second-order valence-corrected chi connectivity index (χ2v) is 2.33. The highest BCUT2D eigenvalue weighted by Crippen LogP contribution is 2.05. The topological polar surface area (TPSA) is 23.9 Å². The summed E-state index contributed by atoms with van der Waals surface area (Å²) in [7, 11) is 0. The van der Waals surface area contributed by atoms with Crippen LogP contribution in [0.5, 0.6) is 0 Å². The predicted molar refractivity (Wildman–Crippen MR) is 49.7 cm³/mol. The van der Waals surface area contributed by atoms with E-state index in [-0.39, 0.29) is 5.71 Å². The zero-order valence-corrected chi connectivity index (χ0v) is 7.23. The smallest absolute Gasteiger partial charge is 0.107 e. The molecular formula is C10H13N. The van der Waals surface area contributed by atoms with E-state index in [1.807, 2.05) is 32.9 Å². The van der Waals surface area contributed by atoms with Crippen molar-refractivity contribution in [3.05, 3.63) is 23.3 Å². The highest BCUT2D eigenvalue weighted by atomic mass is 14.4. The number of allylic oxidation sites excluding steroid dienone is 4. The quantitative estimate of drug-likeness (QED) is 0.352. The van der Waals surface area contributed by atoms with Crippen LogP contribution in [0, 0.1) is 17.8 Å². The molecule has 0 aliphatic heterocycles. The van der Waals surface area contributed by atoms with Crippen molar-refractivity contribution in [2.75, 3.05) is 0 Å². The first-order chi connectivity index (χ1) is 5.13. The fourth-order valence-electron chi connectivity index (χ4n) is 0.680. The maximum absolute atomic E-state index is 7.32. The summed E-state index contributed by atoms with van der Waals surface area (Å²) in [5, 5.41) is 7.32. The zero-order chi connectivity index (χ0) is 8.85. The molecule has 0 aliphatic carbocycles. The highest BCUT2D eigenvalue weighted by Gasteiger charge is 1.96. The van der Waals surface area contributed by atoms with E-state index in [9.17, 15) is 0 Å². The van der Waals surface area contributed by atoms with E-state index in [1.165, 1.54) is 0 Å². The Hall–Kier alpha value is -1.29. The van der Waals surface area contributed by atoms with Crippen molar-refractivity contribution >= 4 is 5.71 Å². The fraction of sp³-hybridized carbons (Fsp3) is 0.300. The molecule has 1 N–H and O–H groups in total. The number of hydrogen-bond acceptors (Lipinski definition) is 1. The van der Waals surface area contributed by atoms with Crippen LogP contribution in [0.2, 0.25) is 0 Å². The van der Waals surface area contributed by atoms with E-state index in [4.69, 9.17) is 11.8 Å². The molecule has 0 radical (unpaired) electrons. The second kappa shape index (κ2) is 4.51. The average molecular weight is 147 g/mol. The number of terminal acetylenes is 1. The minimum Gasteiger partial charge on any atom is -0.292 e. The molecule has 0 atom stereocenters. The summed E-state index contributed by atoms with van der Waals surface area (Å²) < 4.78 is 0. The summed E-state index contributed by atoms with van der Waals surface area (Å²) in [5.74, 6) is 2.30. The van der Waals surface area contributed by atoms with Crippen molar-refractivity contribution in [2.24, 2.45) is 0 Å². The molecule has 0 heterocycles. The van der Waals surface area contributed by atoms with Crippen LogP contribution in [-0.2, 0) is 0 Å². The predicted octanol–water partition coefficient (Wildman–Crippen LogP) is 2.55. The zero-order valence-electron chi connectivity index (χ0n) is 7.23. The van der Waals surface area contributed by atoms with Gasteiger partial charge >= 0.3 is 0 Å². The molecule has 1 nitrogen and oxygen atoms in total. The third-order valence-corrected chi connectivity index (χ3v) is 1.53. The number of hydrogen-bond donors (Lipinski definition) is 1. The number of nitrogens with one attached hydrogen (secondary N) is 1. The minimum absolute atomic E-state index is 0.264. The Labute approximate surface area is 68.3 Å². The van der Waals surface area contributed by atoms with Crippen LogP contribution in [0.15, 0.2) is 23.3 Å². The van der Waals surface area contributed by atoms with Gasteiger partial charge in [0.2, 0.25) is 0 Å². The summed E-state index contributed by atoms with van der Waals surface area (Å²) in [4.78, 5) is 0.